The van der Waals surface area contributed by atoms with Crippen LogP contribution in [-0.2, 0) is 14.3 Å². The minimum Gasteiger partial charge on any atom is -0.485 e. The molecule has 1 aromatic rings. The Morgan fingerprint density at radius 2 is 2.12 bits per heavy atom. The van der Waals surface area contributed by atoms with E-state index in [1.165, 1.54) is 0 Å². The van der Waals surface area contributed by atoms with Crippen LogP contribution in [0.1, 0.15) is 50.3 Å². The van der Waals surface area contributed by atoms with Crippen molar-refractivity contribution in [2.75, 3.05) is 39.4 Å². The van der Waals surface area contributed by atoms with Crippen LogP contribution in [0.2, 0.25) is 0 Å². The SMILES string of the molecule is CC1(C)Oc2ccc(C#N)cc2[C@@H](N2CCN(CCCC(=O)OCCCO)CC2=O)[C@@H]1O. The predicted octanol–water partition coefficient (Wildman–Crippen LogP) is 0.981. The summed E-state index contributed by atoms with van der Waals surface area (Å²) >= 11 is 0. The highest BCUT2D eigenvalue weighted by molar-refractivity contribution is 5.80. The van der Waals surface area contributed by atoms with Crippen LogP contribution in [0.25, 0.3) is 0 Å². The van der Waals surface area contributed by atoms with Crippen LogP contribution in [-0.4, -0.2) is 83.0 Å². The molecule has 0 radical (unpaired) electrons. The summed E-state index contributed by atoms with van der Waals surface area (Å²) in [4.78, 5) is 28.4. The molecule has 2 heterocycles. The first-order chi connectivity index (χ1) is 15.3. The number of benzene rings is 1. The monoisotopic (exact) mass is 445 g/mol. The second-order valence-electron chi connectivity index (χ2n) is 8.72. The van der Waals surface area contributed by atoms with E-state index in [0.29, 0.717) is 49.4 Å². The lowest BCUT2D eigenvalue weighted by atomic mass is 9.84. The molecule has 32 heavy (non-hydrogen) atoms. The number of carbonyl (C=O) groups is 2. The number of esters is 1. The Hall–Kier alpha value is -2.67. The van der Waals surface area contributed by atoms with Crippen molar-refractivity contribution in [3.05, 3.63) is 29.3 Å². The molecule has 9 nitrogen and oxygen atoms in total. The van der Waals surface area contributed by atoms with Gasteiger partial charge in [-0.1, -0.05) is 0 Å². The lowest BCUT2D eigenvalue weighted by Crippen LogP contribution is -2.59. The Morgan fingerprint density at radius 1 is 1.34 bits per heavy atom. The summed E-state index contributed by atoms with van der Waals surface area (Å²) < 4.78 is 11.0. The fourth-order valence-corrected chi connectivity index (χ4v) is 4.16. The number of carbonyl (C=O) groups excluding carboxylic acids is 2. The first-order valence-electron chi connectivity index (χ1n) is 11.0. The first-order valence-corrected chi connectivity index (χ1v) is 11.0. The van der Waals surface area contributed by atoms with E-state index in [-0.39, 0.29) is 38.1 Å². The van der Waals surface area contributed by atoms with Crippen molar-refractivity contribution >= 4 is 11.9 Å². The third-order valence-electron chi connectivity index (χ3n) is 5.93. The number of hydrogen-bond acceptors (Lipinski definition) is 8. The van der Waals surface area contributed by atoms with Crippen LogP contribution in [0.3, 0.4) is 0 Å². The van der Waals surface area contributed by atoms with Gasteiger partial charge < -0.3 is 24.6 Å². The Morgan fingerprint density at radius 3 is 2.81 bits per heavy atom. The third kappa shape index (κ3) is 5.38. The summed E-state index contributed by atoms with van der Waals surface area (Å²) in [6, 6.07) is 6.57. The van der Waals surface area contributed by atoms with E-state index in [1.54, 1.807) is 36.9 Å². The summed E-state index contributed by atoms with van der Waals surface area (Å²) in [7, 11) is 0. The van der Waals surface area contributed by atoms with Crippen LogP contribution in [0, 0.1) is 11.3 Å². The van der Waals surface area contributed by atoms with E-state index in [4.69, 9.17) is 14.6 Å². The molecule has 2 aliphatic rings. The second kappa shape index (κ2) is 10.3. The third-order valence-corrected chi connectivity index (χ3v) is 5.93. The maximum Gasteiger partial charge on any atom is 0.305 e. The van der Waals surface area contributed by atoms with Gasteiger partial charge in [0.1, 0.15) is 17.5 Å². The van der Waals surface area contributed by atoms with Gasteiger partial charge >= 0.3 is 5.97 Å². The van der Waals surface area contributed by atoms with Crippen molar-refractivity contribution < 1.29 is 29.3 Å². The van der Waals surface area contributed by atoms with E-state index in [2.05, 4.69) is 6.07 Å². The summed E-state index contributed by atoms with van der Waals surface area (Å²) in [5, 5.41) is 29.1. The van der Waals surface area contributed by atoms with Gasteiger partial charge in [-0.2, -0.15) is 5.26 Å². The molecule has 174 valence electrons. The molecule has 0 bridgehead atoms. The summed E-state index contributed by atoms with van der Waals surface area (Å²) in [5.74, 6) is 0.150. The zero-order valence-electron chi connectivity index (χ0n) is 18.6. The Bertz CT molecular complexity index is 881. The molecular weight excluding hydrogens is 414 g/mol. The number of hydrogen-bond donors (Lipinski definition) is 2. The molecular formula is C23H31N3O6. The zero-order chi connectivity index (χ0) is 23.3. The van der Waals surface area contributed by atoms with Crippen molar-refractivity contribution in [1.29, 1.82) is 5.26 Å². The van der Waals surface area contributed by atoms with E-state index >= 15 is 0 Å². The van der Waals surface area contributed by atoms with Gasteiger partial charge in [0.2, 0.25) is 5.91 Å². The van der Waals surface area contributed by atoms with Gasteiger partial charge in [0.05, 0.1) is 30.8 Å². The molecule has 1 aromatic carbocycles. The van der Waals surface area contributed by atoms with E-state index < -0.39 is 17.7 Å². The fraction of sp³-hybridized carbons (Fsp3) is 0.609. The summed E-state index contributed by atoms with van der Waals surface area (Å²) in [6.07, 6.45) is 0.313. The number of fused-ring (bicyclic) bond motifs is 1. The van der Waals surface area contributed by atoms with Crippen molar-refractivity contribution in [3.63, 3.8) is 0 Å². The van der Waals surface area contributed by atoms with E-state index in [9.17, 15) is 20.0 Å². The molecule has 9 heteroatoms. The average Bonchev–Trinajstić information content (AvgIpc) is 2.75. The van der Waals surface area contributed by atoms with Gasteiger partial charge in [0.25, 0.3) is 0 Å². The van der Waals surface area contributed by atoms with Crippen molar-refractivity contribution in [2.45, 2.75) is 50.9 Å². The second-order valence-corrected chi connectivity index (χ2v) is 8.72. The molecule has 1 fully saturated rings. The fourth-order valence-electron chi connectivity index (χ4n) is 4.16. The summed E-state index contributed by atoms with van der Waals surface area (Å²) in [6.45, 7) is 5.59. The van der Waals surface area contributed by atoms with Gasteiger partial charge in [0, 0.05) is 38.1 Å². The smallest absolute Gasteiger partial charge is 0.305 e. The number of amides is 1. The molecule has 1 amide bonds. The van der Waals surface area contributed by atoms with Gasteiger partial charge in [-0.3, -0.25) is 14.5 Å². The van der Waals surface area contributed by atoms with Gasteiger partial charge in [0.15, 0.2) is 0 Å². The molecule has 3 rings (SSSR count). The summed E-state index contributed by atoms with van der Waals surface area (Å²) in [5.41, 5.74) is 0.198. The number of rotatable bonds is 8. The number of aliphatic hydroxyl groups is 2. The number of ether oxygens (including phenoxy) is 2. The Labute approximate surface area is 188 Å². The van der Waals surface area contributed by atoms with Crippen LogP contribution >= 0.6 is 0 Å². The quantitative estimate of drug-likeness (QED) is 0.448. The van der Waals surface area contributed by atoms with Crippen LogP contribution in [0.4, 0.5) is 0 Å². The molecule has 1 saturated heterocycles. The van der Waals surface area contributed by atoms with Crippen LogP contribution < -0.4 is 4.74 Å². The maximum atomic E-state index is 13.0. The van der Waals surface area contributed by atoms with Crippen LogP contribution in [0.5, 0.6) is 5.75 Å². The Kier molecular flexibility index (Phi) is 7.72. The van der Waals surface area contributed by atoms with Crippen molar-refractivity contribution in [3.8, 4) is 11.8 Å². The largest absolute Gasteiger partial charge is 0.485 e. The molecule has 0 aromatic heterocycles. The number of piperazine rings is 1. The highest BCUT2D eigenvalue weighted by Crippen LogP contribution is 2.43. The molecule has 2 atom stereocenters. The van der Waals surface area contributed by atoms with Crippen molar-refractivity contribution in [2.24, 2.45) is 0 Å². The Balaban J connectivity index is 1.63. The lowest BCUT2D eigenvalue weighted by molar-refractivity contribution is -0.150. The molecule has 0 aliphatic carbocycles. The first kappa shape index (κ1) is 24.0. The number of nitriles is 1. The molecule has 0 unspecified atom stereocenters. The average molecular weight is 446 g/mol. The zero-order valence-corrected chi connectivity index (χ0v) is 18.6. The molecule has 2 aliphatic heterocycles. The standard InChI is InChI=1S/C23H31N3O6/c1-23(2)22(30)21(17-13-16(14-24)6-7-18(17)32-23)26-10-9-25(15-19(26)28)8-3-5-20(29)31-12-4-11-27/h6-7,13,21-22,27,30H,3-5,8-12,15H2,1-2H3/t21-,22+/m1/s1. The van der Waals surface area contributed by atoms with E-state index in [1.807, 2.05) is 4.90 Å². The lowest BCUT2D eigenvalue weighted by Gasteiger charge is -2.48. The van der Waals surface area contributed by atoms with Gasteiger partial charge in [-0.15, -0.1) is 0 Å². The minimum atomic E-state index is -0.951. The molecule has 0 spiro atoms. The number of nitrogens with zero attached hydrogens (tertiary/aromatic N) is 3. The van der Waals surface area contributed by atoms with E-state index in [0.717, 1.165) is 0 Å². The maximum absolute atomic E-state index is 13.0. The van der Waals surface area contributed by atoms with Gasteiger partial charge in [-0.25, -0.2) is 0 Å². The van der Waals surface area contributed by atoms with Crippen LogP contribution in [0.15, 0.2) is 18.2 Å². The highest BCUT2D eigenvalue weighted by atomic mass is 16.5. The van der Waals surface area contributed by atoms with Crippen molar-refractivity contribution in [1.82, 2.24) is 9.80 Å². The highest BCUT2D eigenvalue weighted by Gasteiger charge is 2.47. The molecule has 2 N–H and O–H groups in total. The normalized spacial score (nSPS) is 22.6. The predicted molar refractivity (Wildman–Crippen MR) is 115 cm³/mol. The van der Waals surface area contributed by atoms with Gasteiger partial charge in [-0.05, 0) is 45.0 Å². The minimum absolute atomic E-state index is 0.0129. The molecule has 0 saturated carbocycles. The topological polar surface area (TPSA) is 123 Å². The number of aliphatic hydroxyl groups excluding tert-OH is 2.